The zero-order valence-electron chi connectivity index (χ0n) is 15.2. The number of hydrogen-bond donors (Lipinski definition) is 0. The molecule has 0 aromatic heterocycles. The largest absolute Gasteiger partial charge is 0.497 e. The lowest BCUT2D eigenvalue weighted by Crippen LogP contribution is -2.52. The van der Waals surface area contributed by atoms with Crippen LogP contribution in [0, 0.1) is 0 Å². The number of ether oxygens (including phenoxy) is 3. The van der Waals surface area contributed by atoms with Crippen LogP contribution in [-0.4, -0.2) is 32.5 Å². The summed E-state index contributed by atoms with van der Waals surface area (Å²) in [4.78, 5) is 12.6. The van der Waals surface area contributed by atoms with Crippen LogP contribution in [0.1, 0.15) is 18.1 Å². The first-order valence-corrected chi connectivity index (χ1v) is 8.26. The fourth-order valence-electron chi connectivity index (χ4n) is 2.83. The van der Waals surface area contributed by atoms with E-state index in [0.29, 0.717) is 5.75 Å². The molecular weight excluding hydrogens is 361 g/mol. The second kappa shape index (κ2) is 8.43. The molecule has 7 heteroatoms. The number of alkyl halides is 3. The Balaban J connectivity index is 2.25. The first-order valence-electron chi connectivity index (χ1n) is 8.26. The van der Waals surface area contributed by atoms with Gasteiger partial charge in [-0.05, 0) is 24.6 Å². The number of hydrogen-bond acceptors (Lipinski definition) is 4. The molecule has 0 heterocycles. The molecule has 2 rings (SSSR count). The van der Waals surface area contributed by atoms with E-state index in [1.807, 2.05) is 0 Å². The van der Waals surface area contributed by atoms with Gasteiger partial charge in [0.05, 0.1) is 7.11 Å². The topological polar surface area (TPSA) is 44.8 Å². The van der Waals surface area contributed by atoms with Crippen molar-refractivity contribution in [2.75, 3.05) is 14.2 Å². The molecule has 0 aliphatic heterocycles. The normalized spacial score (nSPS) is 14.9. The summed E-state index contributed by atoms with van der Waals surface area (Å²) in [6.07, 6.45) is -5.56. The van der Waals surface area contributed by atoms with Crippen molar-refractivity contribution < 1.29 is 32.2 Å². The SMILES string of the molecule is COc1cccc(CC(C)OC(=O)C(OC)(c2ccccc2)C(F)(F)F)c1. The molecule has 0 amide bonds. The average molecular weight is 382 g/mol. The highest BCUT2D eigenvalue weighted by atomic mass is 19.4. The van der Waals surface area contributed by atoms with Crippen LogP contribution in [0.5, 0.6) is 5.75 Å². The highest BCUT2D eigenvalue weighted by molar-refractivity contribution is 5.82. The van der Waals surface area contributed by atoms with E-state index >= 15 is 0 Å². The van der Waals surface area contributed by atoms with Crippen molar-refractivity contribution in [2.24, 2.45) is 0 Å². The van der Waals surface area contributed by atoms with E-state index in [2.05, 4.69) is 0 Å². The fraction of sp³-hybridized carbons (Fsp3) is 0.350. The van der Waals surface area contributed by atoms with E-state index in [-0.39, 0.29) is 12.0 Å². The third kappa shape index (κ3) is 4.42. The van der Waals surface area contributed by atoms with Crippen LogP contribution < -0.4 is 4.74 Å². The second-order valence-corrected chi connectivity index (χ2v) is 6.02. The number of rotatable bonds is 7. The Hall–Kier alpha value is -2.54. The molecule has 0 saturated carbocycles. The molecule has 0 saturated heterocycles. The smallest absolute Gasteiger partial charge is 0.432 e. The minimum atomic E-state index is -4.99. The summed E-state index contributed by atoms with van der Waals surface area (Å²) >= 11 is 0. The van der Waals surface area contributed by atoms with Gasteiger partial charge in [0.1, 0.15) is 11.9 Å². The molecule has 0 radical (unpaired) electrons. The molecule has 0 bridgehead atoms. The lowest BCUT2D eigenvalue weighted by molar-refractivity contribution is -0.278. The first kappa shape index (κ1) is 20.8. The van der Waals surface area contributed by atoms with E-state index < -0.39 is 23.9 Å². The molecule has 0 spiro atoms. The minimum absolute atomic E-state index is 0.232. The predicted octanol–water partition coefficient (Wildman–Crippen LogP) is 4.27. The van der Waals surface area contributed by atoms with Crippen molar-refractivity contribution in [2.45, 2.75) is 31.2 Å². The van der Waals surface area contributed by atoms with Gasteiger partial charge in [-0.15, -0.1) is 0 Å². The Bertz CT molecular complexity index is 761. The van der Waals surface area contributed by atoms with Crippen LogP contribution in [0.3, 0.4) is 0 Å². The van der Waals surface area contributed by atoms with E-state index in [9.17, 15) is 18.0 Å². The highest BCUT2D eigenvalue weighted by Crippen LogP contribution is 2.43. The van der Waals surface area contributed by atoms with Crippen LogP contribution in [0.15, 0.2) is 54.6 Å². The van der Waals surface area contributed by atoms with Gasteiger partial charge in [-0.25, -0.2) is 4.79 Å². The number of halogens is 3. The second-order valence-electron chi connectivity index (χ2n) is 6.02. The van der Waals surface area contributed by atoms with Crippen molar-refractivity contribution in [3.63, 3.8) is 0 Å². The van der Waals surface area contributed by atoms with Crippen LogP contribution in [0.2, 0.25) is 0 Å². The van der Waals surface area contributed by atoms with Crippen molar-refractivity contribution in [3.05, 3.63) is 65.7 Å². The average Bonchev–Trinajstić information content (AvgIpc) is 2.62. The molecule has 2 aromatic rings. The Morgan fingerprint density at radius 3 is 2.26 bits per heavy atom. The van der Waals surface area contributed by atoms with Crippen molar-refractivity contribution in [1.82, 2.24) is 0 Å². The maximum Gasteiger partial charge on any atom is 0.432 e. The van der Waals surface area contributed by atoms with Gasteiger partial charge in [0, 0.05) is 19.1 Å². The van der Waals surface area contributed by atoms with Gasteiger partial charge >= 0.3 is 12.1 Å². The Morgan fingerprint density at radius 1 is 1.04 bits per heavy atom. The maximum absolute atomic E-state index is 13.8. The molecule has 0 N–H and O–H groups in total. The van der Waals surface area contributed by atoms with Crippen molar-refractivity contribution in [3.8, 4) is 5.75 Å². The molecule has 146 valence electrons. The number of esters is 1. The molecule has 0 aliphatic rings. The molecule has 2 atom stereocenters. The van der Waals surface area contributed by atoms with Gasteiger partial charge < -0.3 is 14.2 Å². The fourth-order valence-corrected chi connectivity index (χ4v) is 2.83. The summed E-state index contributed by atoms with van der Waals surface area (Å²) < 4.78 is 56.5. The highest BCUT2D eigenvalue weighted by Gasteiger charge is 2.64. The molecule has 27 heavy (non-hydrogen) atoms. The molecule has 2 unspecified atom stereocenters. The third-order valence-corrected chi connectivity index (χ3v) is 4.14. The Kier molecular flexibility index (Phi) is 6.49. The van der Waals surface area contributed by atoms with E-state index in [0.717, 1.165) is 12.7 Å². The maximum atomic E-state index is 13.8. The molecule has 4 nitrogen and oxygen atoms in total. The summed E-state index contributed by atoms with van der Waals surface area (Å²) in [5, 5.41) is 0. The van der Waals surface area contributed by atoms with Gasteiger partial charge in [-0.3, -0.25) is 0 Å². The van der Waals surface area contributed by atoms with E-state index in [4.69, 9.17) is 14.2 Å². The number of benzene rings is 2. The summed E-state index contributed by atoms with van der Waals surface area (Å²) in [6.45, 7) is 1.53. The minimum Gasteiger partial charge on any atom is -0.497 e. The lowest BCUT2D eigenvalue weighted by atomic mass is 9.92. The summed E-state index contributed by atoms with van der Waals surface area (Å²) in [5.41, 5.74) is -2.75. The van der Waals surface area contributed by atoms with Gasteiger partial charge in [0.2, 0.25) is 0 Å². The Labute approximate surface area is 155 Å². The monoisotopic (exact) mass is 382 g/mol. The summed E-state index contributed by atoms with van der Waals surface area (Å²) in [7, 11) is 2.35. The van der Waals surface area contributed by atoms with Gasteiger partial charge in [0.15, 0.2) is 0 Å². The van der Waals surface area contributed by atoms with Crippen LogP contribution in [0.25, 0.3) is 0 Å². The Morgan fingerprint density at radius 2 is 1.70 bits per heavy atom. The van der Waals surface area contributed by atoms with E-state index in [1.54, 1.807) is 30.3 Å². The number of carbonyl (C=O) groups is 1. The molecule has 2 aromatic carbocycles. The lowest BCUT2D eigenvalue weighted by Gasteiger charge is -2.33. The van der Waals surface area contributed by atoms with Crippen LogP contribution >= 0.6 is 0 Å². The zero-order valence-corrected chi connectivity index (χ0v) is 15.2. The molecule has 0 aliphatic carbocycles. The summed E-state index contributed by atoms with van der Waals surface area (Å²) in [6, 6.07) is 13.7. The van der Waals surface area contributed by atoms with Gasteiger partial charge in [0.25, 0.3) is 5.60 Å². The van der Waals surface area contributed by atoms with Crippen LogP contribution in [-0.2, 0) is 26.3 Å². The molecular formula is C20H21F3O4. The number of carbonyl (C=O) groups excluding carboxylic acids is 1. The quantitative estimate of drug-likeness (QED) is 0.671. The van der Waals surface area contributed by atoms with Crippen LogP contribution in [0.4, 0.5) is 13.2 Å². The predicted molar refractivity (Wildman–Crippen MR) is 93.4 cm³/mol. The van der Waals surface area contributed by atoms with Gasteiger partial charge in [-0.1, -0.05) is 42.5 Å². The standard InChI is InChI=1S/C20H21F3O4/c1-14(12-15-8-7-11-17(13-15)25-2)27-18(24)19(26-3,20(21,22)23)16-9-5-4-6-10-16/h4-11,13-14H,12H2,1-3H3. The van der Waals surface area contributed by atoms with Gasteiger partial charge in [-0.2, -0.15) is 13.2 Å². The van der Waals surface area contributed by atoms with E-state index in [1.165, 1.54) is 38.3 Å². The number of methoxy groups -OCH3 is 2. The van der Waals surface area contributed by atoms with Crippen molar-refractivity contribution >= 4 is 5.97 Å². The zero-order chi connectivity index (χ0) is 20.1. The van der Waals surface area contributed by atoms with Crippen molar-refractivity contribution in [1.29, 1.82) is 0 Å². The first-order chi connectivity index (χ1) is 12.7. The summed E-state index contributed by atoms with van der Waals surface area (Å²) in [5.74, 6) is -0.893. The third-order valence-electron chi connectivity index (χ3n) is 4.14. The molecule has 0 fully saturated rings.